The Balaban J connectivity index is 1.32. The molecule has 2 aliphatic rings. The Hall–Kier alpha value is -2.66. The number of rotatable bonds is 5. The van der Waals surface area contributed by atoms with Crippen LogP contribution in [-0.2, 0) is 0 Å². The molecule has 5 nitrogen and oxygen atoms in total. The first-order valence-electron chi connectivity index (χ1n) is 11.5. The van der Waals surface area contributed by atoms with Crippen LogP contribution in [0.15, 0.2) is 48.5 Å². The molecular formula is C26H32N2O3. The number of carboxylic acid groups (broad SMARTS) is 1. The predicted molar refractivity (Wildman–Crippen MR) is 122 cm³/mol. The first kappa shape index (κ1) is 21.6. The summed E-state index contributed by atoms with van der Waals surface area (Å²) in [6.45, 7) is 5.29. The number of aromatic carboxylic acids is 1. The van der Waals surface area contributed by atoms with E-state index in [1.165, 1.54) is 55.4 Å². The van der Waals surface area contributed by atoms with Crippen LogP contribution < -0.4 is 0 Å². The quantitative estimate of drug-likeness (QED) is 0.743. The number of carbonyl (C=O) groups is 2. The molecule has 1 aliphatic carbocycles. The highest BCUT2D eigenvalue weighted by atomic mass is 16.4. The van der Waals surface area contributed by atoms with Crippen LogP contribution in [0.25, 0.3) is 0 Å². The summed E-state index contributed by atoms with van der Waals surface area (Å²) in [6, 6.07) is 15.7. The first-order chi connectivity index (χ1) is 15.0. The van der Waals surface area contributed by atoms with Crippen molar-refractivity contribution < 1.29 is 14.7 Å². The summed E-state index contributed by atoms with van der Waals surface area (Å²) in [7, 11) is 0. The fourth-order valence-corrected chi connectivity index (χ4v) is 4.94. The Kier molecular flexibility index (Phi) is 6.71. The number of piperazine rings is 1. The molecule has 0 radical (unpaired) electrons. The van der Waals surface area contributed by atoms with Crippen LogP contribution in [0.4, 0.5) is 0 Å². The fraction of sp³-hybridized carbons (Fsp3) is 0.462. The molecule has 164 valence electrons. The van der Waals surface area contributed by atoms with Gasteiger partial charge in [0.1, 0.15) is 0 Å². The van der Waals surface area contributed by atoms with Crippen molar-refractivity contribution in [2.75, 3.05) is 26.2 Å². The molecule has 5 heteroatoms. The lowest BCUT2D eigenvalue weighted by molar-refractivity contribution is 0.0581. The molecule has 0 spiro atoms. The van der Waals surface area contributed by atoms with Crippen LogP contribution in [0.3, 0.4) is 0 Å². The number of hydrogen-bond acceptors (Lipinski definition) is 3. The molecule has 1 unspecified atom stereocenters. The fourth-order valence-electron chi connectivity index (χ4n) is 4.94. The van der Waals surface area contributed by atoms with Gasteiger partial charge >= 0.3 is 5.97 Å². The Morgan fingerprint density at radius 2 is 1.42 bits per heavy atom. The van der Waals surface area contributed by atoms with E-state index in [9.17, 15) is 9.59 Å². The van der Waals surface area contributed by atoms with Crippen molar-refractivity contribution in [1.29, 1.82) is 0 Å². The Bertz CT molecular complexity index is 893. The summed E-state index contributed by atoms with van der Waals surface area (Å²) in [6.07, 6.45) is 6.74. The zero-order chi connectivity index (χ0) is 21.8. The second kappa shape index (κ2) is 9.65. The van der Waals surface area contributed by atoms with E-state index in [0.717, 1.165) is 19.0 Å². The summed E-state index contributed by atoms with van der Waals surface area (Å²) in [5.41, 5.74) is 3.57. The predicted octanol–water partition coefficient (Wildman–Crippen LogP) is 4.95. The molecule has 2 fully saturated rings. The molecule has 1 aliphatic heterocycles. The van der Waals surface area contributed by atoms with Crippen molar-refractivity contribution >= 4 is 11.9 Å². The monoisotopic (exact) mass is 420 g/mol. The summed E-state index contributed by atoms with van der Waals surface area (Å²) in [5.74, 6) is -0.272. The lowest BCUT2D eigenvalue weighted by atomic mass is 9.83. The minimum absolute atomic E-state index is 0.0268. The number of nitrogens with zero attached hydrogens (tertiary/aromatic N) is 2. The molecule has 0 aromatic heterocycles. The van der Waals surface area contributed by atoms with E-state index in [2.05, 4.69) is 36.1 Å². The van der Waals surface area contributed by atoms with Gasteiger partial charge in [0.25, 0.3) is 5.91 Å². The van der Waals surface area contributed by atoms with Crippen LogP contribution in [0.2, 0.25) is 0 Å². The SMILES string of the molecule is CC(c1ccc(C2CCCCC2)cc1)N1CCN(C(=O)c2ccc(C(=O)O)cc2)CC1. The molecule has 31 heavy (non-hydrogen) atoms. The van der Waals surface area contributed by atoms with Gasteiger partial charge in [-0.25, -0.2) is 4.79 Å². The molecule has 2 aromatic carbocycles. The average molecular weight is 421 g/mol. The van der Waals surface area contributed by atoms with Crippen molar-refractivity contribution in [3.63, 3.8) is 0 Å². The van der Waals surface area contributed by atoms with Crippen molar-refractivity contribution in [1.82, 2.24) is 9.80 Å². The van der Waals surface area contributed by atoms with Crippen LogP contribution in [0, 0.1) is 0 Å². The van der Waals surface area contributed by atoms with Crippen LogP contribution in [0.1, 0.15) is 82.8 Å². The standard InChI is InChI=1S/C26H32N2O3/c1-19(20-7-9-22(10-8-20)21-5-3-2-4-6-21)27-15-17-28(18-16-27)25(29)23-11-13-24(14-12-23)26(30)31/h7-14,19,21H,2-6,15-18H2,1H3,(H,30,31). The molecule has 1 N–H and O–H groups in total. The first-order valence-corrected chi connectivity index (χ1v) is 11.5. The Labute approximate surface area is 184 Å². The molecule has 1 heterocycles. The van der Waals surface area contributed by atoms with E-state index in [-0.39, 0.29) is 11.5 Å². The van der Waals surface area contributed by atoms with Crippen molar-refractivity contribution in [2.45, 2.75) is 51.0 Å². The van der Waals surface area contributed by atoms with E-state index in [0.29, 0.717) is 24.7 Å². The summed E-state index contributed by atoms with van der Waals surface area (Å²) in [5, 5.41) is 9.02. The summed E-state index contributed by atoms with van der Waals surface area (Å²) < 4.78 is 0. The Morgan fingerprint density at radius 1 is 0.839 bits per heavy atom. The Morgan fingerprint density at radius 3 is 2.00 bits per heavy atom. The normalized spacial score (nSPS) is 19.2. The second-order valence-electron chi connectivity index (χ2n) is 8.89. The maximum absolute atomic E-state index is 12.8. The third-order valence-corrected chi connectivity index (χ3v) is 7.02. The number of carbonyl (C=O) groups excluding carboxylic acids is 1. The molecule has 2 aromatic rings. The van der Waals surface area contributed by atoms with Crippen molar-refractivity contribution in [3.8, 4) is 0 Å². The number of hydrogen-bond donors (Lipinski definition) is 1. The number of carboxylic acids is 1. The highest BCUT2D eigenvalue weighted by molar-refractivity contribution is 5.96. The second-order valence-corrected chi connectivity index (χ2v) is 8.89. The van der Waals surface area contributed by atoms with Gasteiger partial charge in [-0.1, -0.05) is 43.5 Å². The lowest BCUT2D eigenvalue weighted by Gasteiger charge is -2.38. The molecule has 1 saturated heterocycles. The van der Waals surface area contributed by atoms with Gasteiger partial charge in [-0.3, -0.25) is 9.69 Å². The van der Waals surface area contributed by atoms with E-state index >= 15 is 0 Å². The summed E-state index contributed by atoms with van der Waals surface area (Å²) >= 11 is 0. The van der Waals surface area contributed by atoms with Crippen molar-refractivity contribution in [2.24, 2.45) is 0 Å². The van der Waals surface area contributed by atoms with Gasteiger partial charge in [-0.2, -0.15) is 0 Å². The van der Waals surface area contributed by atoms with Crippen LogP contribution in [0.5, 0.6) is 0 Å². The highest BCUT2D eigenvalue weighted by Gasteiger charge is 2.26. The topological polar surface area (TPSA) is 60.9 Å². The highest BCUT2D eigenvalue weighted by Crippen LogP contribution is 2.33. The number of amides is 1. The third-order valence-electron chi connectivity index (χ3n) is 7.02. The molecule has 0 bridgehead atoms. The minimum Gasteiger partial charge on any atom is -0.478 e. The van der Waals surface area contributed by atoms with E-state index in [4.69, 9.17) is 5.11 Å². The van der Waals surface area contributed by atoms with Gasteiger partial charge in [0, 0.05) is 37.8 Å². The zero-order valence-corrected chi connectivity index (χ0v) is 18.3. The van der Waals surface area contributed by atoms with E-state index in [1.807, 2.05) is 4.90 Å². The van der Waals surface area contributed by atoms with Crippen LogP contribution in [-0.4, -0.2) is 53.0 Å². The minimum atomic E-state index is -0.978. The van der Waals surface area contributed by atoms with Gasteiger partial charge in [0.15, 0.2) is 0 Å². The van der Waals surface area contributed by atoms with Crippen molar-refractivity contribution in [3.05, 3.63) is 70.8 Å². The number of benzene rings is 2. The van der Waals surface area contributed by atoms with Gasteiger partial charge in [0.2, 0.25) is 0 Å². The molecule has 4 rings (SSSR count). The third kappa shape index (κ3) is 4.99. The summed E-state index contributed by atoms with van der Waals surface area (Å²) in [4.78, 5) is 28.1. The maximum atomic E-state index is 12.8. The lowest BCUT2D eigenvalue weighted by Crippen LogP contribution is -2.49. The van der Waals surface area contributed by atoms with Gasteiger partial charge < -0.3 is 10.0 Å². The van der Waals surface area contributed by atoms with E-state index in [1.54, 1.807) is 12.1 Å². The van der Waals surface area contributed by atoms with Gasteiger partial charge in [-0.05, 0) is 61.1 Å². The maximum Gasteiger partial charge on any atom is 0.335 e. The van der Waals surface area contributed by atoms with Crippen LogP contribution >= 0.6 is 0 Å². The average Bonchev–Trinajstić information content (AvgIpc) is 2.84. The largest absolute Gasteiger partial charge is 0.478 e. The molecular weight excluding hydrogens is 388 g/mol. The van der Waals surface area contributed by atoms with Gasteiger partial charge in [-0.15, -0.1) is 0 Å². The molecule has 1 atom stereocenters. The smallest absolute Gasteiger partial charge is 0.335 e. The van der Waals surface area contributed by atoms with Gasteiger partial charge in [0.05, 0.1) is 5.56 Å². The zero-order valence-electron chi connectivity index (χ0n) is 18.3. The van der Waals surface area contributed by atoms with E-state index < -0.39 is 5.97 Å². The molecule has 1 amide bonds. The molecule has 1 saturated carbocycles.